The number of hydrogen-bond acceptors (Lipinski definition) is 4. The number of carbonyl (C=O) groups is 1. The molecule has 37 heavy (non-hydrogen) atoms. The highest BCUT2D eigenvalue weighted by Gasteiger charge is 2.35. The van der Waals surface area contributed by atoms with Crippen molar-refractivity contribution < 1.29 is 26.6 Å². The Kier molecular flexibility index (Phi) is 9.50. The van der Waals surface area contributed by atoms with Crippen molar-refractivity contribution in [3.63, 3.8) is 0 Å². The molecule has 3 heterocycles. The molecular formula is C26H28F4N4O2S. The number of amides is 1. The second kappa shape index (κ2) is 12.4. The minimum absolute atomic E-state index is 0.0910. The number of nitrogens with zero attached hydrogens (tertiary/aromatic N) is 3. The van der Waals surface area contributed by atoms with Crippen LogP contribution < -0.4 is 5.32 Å². The molecule has 1 aliphatic heterocycles. The van der Waals surface area contributed by atoms with Gasteiger partial charge < -0.3 is 5.32 Å². The first-order valence-corrected chi connectivity index (χ1v) is 12.9. The summed E-state index contributed by atoms with van der Waals surface area (Å²) in [6.45, 7) is 6.34. The molecule has 0 saturated carbocycles. The lowest BCUT2D eigenvalue weighted by molar-refractivity contribution is -0.141. The molecule has 1 aliphatic rings. The molecule has 0 spiro atoms. The van der Waals surface area contributed by atoms with Crippen molar-refractivity contribution in [1.82, 2.24) is 19.6 Å². The van der Waals surface area contributed by atoms with Gasteiger partial charge in [-0.3, -0.25) is 14.8 Å². The maximum absolute atomic E-state index is 13.2. The van der Waals surface area contributed by atoms with Gasteiger partial charge in [0.1, 0.15) is 28.5 Å². The first-order valence-electron chi connectivity index (χ1n) is 11.8. The second-order valence-electron chi connectivity index (χ2n) is 8.14. The Balaban J connectivity index is 0.00000186. The highest BCUT2D eigenvalue weighted by molar-refractivity contribution is 7.82. The van der Waals surface area contributed by atoms with Gasteiger partial charge in [-0.05, 0) is 67.3 Å². The summed E-state index contributed by atoms with van der Waals surface area (Å²) in [5, 5.41) is 2.81. The Hall–Kier alpha value is -3.18. The molecule has 0 aliphatic carbocycles. The molecule has 1 fully saturated rings. The topological polar surface area (TPSA) is 75.2 Å². The highest BCUT2D eigenvalue weighted by atomic mass is 32.2. The Morgan fingerprint density at radius 1 is 1.11 bits per heavy atom. The Morgan fingerprint density at radius 2 is 1.81 bits per heavy atom. The zero-order valence-corrected chi connectivity index (χ0v) is 21.5. The number of benzene rings is 1. The molecule has 2 atom stereocenters. The maximum Gasteiger partial charge on any atom is 0.433 e. The van der Waals surface area contributed by atoms with Crippen LogP contribution in [0.3, 0.4) is 0 Å². The fraction of sp³-hybridized carbons (Fsp3) is 0.346. The lowest BCUT2D eigenvalue weighted by atomic mass is 10.0. The van der Waals surface area contributed by atoms with E-state index < -0.39 is 34.7 Å². The third-order valence-corrected chi connectivity index (χ3v) is 7.24. The zero-order chi connectivity index (χ0) is 27.2. The van der Waals surface area contributed by atoms with E-state index in [1.165, 1.54) is 30.3 Å². The Labute approximate surface area is 215 Å². The fourth-order valence-corrected chi connectivity index (χ4v) is 5.24. The summed E-state index contributed by atoms with van der Waals surface area (Å²) < 4.78 is 66.1. The van der Waals surface area contributed by atoms with Crippen LogP contribution in [-0.4, -0.2) is 37.0 Å². The number of aromatic nitrogens is 2. The maximum atomic E-state index is 13.2. The van der Waals surface area contributed by atoms with Crippen molar-refractivity contribution in [2.45, 2.75) is 57.3 Å². The number of hydrogen-bond donors (Lipinski definition) is 1. The molecule has 4 rings (SSSR count). The van der Waals surface area contributed by atoms with E-state index in [4.69, 9.17) is 0 Å². The van der Waals surface area contributed by atoms with Gasteiger partial charge in [0.15, 0.2) is 0 Å². The highest BCUT2D eigenvalue weighted by Crippen LogP contribution is 2.30. The van der Waals surface area contributed by atoms with Gasteiger partial charge in [0.25, 0.3) is 0 Å². The van der Waals surface area contributed by atoms with Gasteiger partial charge >= 0.3 is 6.18 Å². The van der Waals surface area contributed by atoms with Crippen molar-refractivity contribution in [3.8, 4) is 11.1 Å². The van der Waals surface area contributed by atoms with Gasteiger partial charge in [0.05, 0.1) is 17.1 Å². The first kappa shape index (κ1) is 28.4. The van der Waals surface area contributed by atoms with E-state index in [0.29, 0.717) is 41.1 Å². The van der Waals surface area contributed by atoms with Crippen LogP contribution in [0.4, 0.5) is 17.6 Å². The molecule has 11 heteroatoms. The molecule has 1 aromatic carbocycles. The molecule has 2 aromatic heterocycles. The van der Waals surface area contributed by atoms with E-state index in [2.05, 4.69) is 15.3 Å². The van der Waals surface area contributed by atoms with Gasteiger partial charge in [-0.25, -0.2) is 12.9 Å². The summed E-state index contributed by atoms with van der Waals surface area (Å²) in [6, 6.07) is 8.69. The summed E-state index contributed by atoms with van der Waals surface area (Å²) in [6.07, 6.45) is -0.550. The van der Waals surface area contributed by atoms with E-state index in [1.807, 2.05) is 13.8 Å². The minimum atomic E-state index is -4.52. The smallest absolute Gasteiger partial charge is 0.349 e. The van der Waals surface area contributed by atoms with Crippen LogP contribution in [0, 0.1) is 12.7 Å². The van der Waals surface area contributed by atoms with E-state index in [1.54, 1.807) is 23.5 Å². The van der Waals surface area contributed by atoms with Crippen molar-refractivity contribution in [2.24, 2.45) is 0 Å². The van der Waals surface area contributed by atoms with Crippen LogP contribution in [0.1, 0.15) is 43.6 Å². The van der Waals surface area contributed by atoms with Crippen LogP contribution in [-0.2, 0) is 28.5 Å². The molecule has 0 bridgehead atoms. The Bertz CT molecular complexity index is 1230. The molecular weight excluding hydrogens is 508 g/mol. The molecule has 0 radical (unpaired) electrons. The Morgan fingerprint density at radius 3 is 2.43 bits per heavy atom. The second-order valence-corrected chi connectivity index (χ2v) is 9.58. The van der Waals surface area contributed by atoms with Crippen LogP contribution >= 0.6 is 0 Å². The van der Waals surface area contributed by atoms with E-state index >= 15 is 0 Å². The number of aryl methyl sites for hydroxylation is 1. The average molecular weight is 537 g/mol. The molecule has 1 N–H and O–H groups in total. The van der Waals surface area contributed by atoms with Crippen LogP contribution in [0.2, 0.25) is 0 Å². The summed E-state index contributed by atoms with van der Waals surface area (Å²) >= 11 is 0. The third-order valence-electron chi connectivity index (χ3n) is 5.70. The van der Waals surface area contributed by atoms with Crippen LogP contribution in [0.5, 0.6) is 0 Å². The van der Waals surface area contributed by atoms with Crippen molar-refractivity contribution in [2.75, 3.05) is 6.54 Å². The number of rotatable bonds is 6. The van der Waals surface area contributed by atoms with E-state index in [0.717, 1.165) is 17.8 Å². The van der Waals surface area contributed by atoms with Gasteiger partial charge in [-0.15, -0.1) is 0 Å². The molecule has 3 aromatic rings. The molecule has 1 saturated heterocycles. The summed E-state index contributed by atoms with van der Waals surface area (Å²) in [5.74, 6) is -0.739. The number of nitrogens with one attached hydrogen (secondary N) is 1. The number of pyridine rings is 2. The van der Waals surface area contributed by atoms with E-state index in [-0.39, 0.29) is 12.5 Å². The van der Waals surface area contributed by atoms with Crippen molar-refractivity contribution in [1.29, 1.82) is 0 Å². The average Bonchev–Trinajstić information content (AvgIpc) is 3.39. The molecule has 1 amide bonds. The summed E-state index contributed by atoms with van der Waals surface area (Å²) in [4.78, 5) is 21.1. The zero-order valence-electron chi connectivity index (χ0n) is 20.7. The standard InChI is InChI=1S/C24H22F4N4O2S.C2H6/c1-15-12-29-18(11-20(15)16-4-9-22(30-13-16)24(26,27)28)14-31-23(33)21-3-2-10-32(21)35(34)19-7-5-17(25)6-8-19;1-2/h4-9,11-13,21H,2-3,10,14H2,1H3,(H,31,33);1-2H3. The largest absolute Gasteiger partial charge is 0.433 e. The minimum Gasteiger partial charge on any atom is -0.349 e. The summed E-state index contributed by atoms with van der Waals surface area (Å²) in [5.41, 5.74) is 1.45. The van der Waals surface area contributed by atoms with Gasteiger partial charge in [0, 0.05) is 24.5 Å². The van der Waals surface area contributed by atoms with Gasteiger partial charge in [-0.1, -0.05) is 19.9 Å². The predicted molar refractivity (Wildman–Crippen MR) is 133 cm³/mol. The van der Waals surface area contributed by atoms with Gasteiger partial charge in [0.2, 0.25) is 5.91 Å². The number of alkyl halides is 3. The van der Waals surface area contributed by atoms with Crippen molar-refractivity contribution >= 4 is 16.9 Å². The van der Waals surface area contributed by atoms with Crippen molar-refractivity contribution in [3.05, 3.63) is 77.6 Å². The predicted octanol–water partition coefficient (Wildman–Crippen LogP) is 5.44. The SMILES string of the molecule is CC.Cc1cnc(CNC(=O)C2CCCN2S(=O)c2ccc(F)cc2)cc1-c1ccc(C(F)(F)F)nc1. The lowest BCUT2D eigenvalue weighted by Gasteiger charge is -2.22. The number of carbonyl (C=O) groups excluding carboxylic acids is 1. The van der Waals surface area contributed by atoms with E-state index in [9.17, 15) is 26.6 Å². The molecule has 6 nitrogen and oxygen atoms in total. The fourth-order valence-electron chi connectivity index (χ4n) is 3.88. The summed E-state index contributed by atoms with van der Waals surface area (Å²) in [7, 11) is -1.60. The third kappa shape index (κ3) is 6.98. The monoisotopic (exact) mass is 536 g/mol. The molecule has 198 valence electrons. The van der Waals surface area contributed by atoms with Gasteiger partial charge in [-0.2, -0.15) is 13.2 Å². The lowest BCUT2D eigenvalue weighted by Crippen LogP contribution is -2.43. The van der Waals surface area contributed by atoms with Crippen LogP contribution in [0.15, 0.2) is 59.8 Å². The molecule has 2 unspecified atom stereocenters. The quantitative estimate of drug-likeness (QED) is 0.426. The normalized spacial score (nSPS) is 16.6. The first-order chi connectivity index (χ1) is 17.6. The van der Waals surface area contributed by atoms with Crippen LogP contribution in [0.25, 0.3) is 11.1 Å². The number of halogens is 4.